The number of aliphatic carboxylic acids is 1. The largest absolute Gasteiger partial charge is 0.480 e. The lowest BCUT2D eigenvalue weighted by molar-refractivity contribution is -0.310. The molecule has 44 heavy (non-hydrogen) atoms. The highest BCUT2D eigenvalue weighted by molar-refractivity contribution is 5.83. The van der Waals surface area contributed by atoms with Gasteiger partial charge in [0, 0.05) is 0 Å². The van der Waals surface area contributed by atoms with Crippen LogP contribution in [0.4, 0.5) is 0 Å². The van der Waals surface area contributed by atoms with Crippen LogP contribution in [0.25, 0.3) is 0 Å². The lowest BCUT2D eigenvalue weighted by Crippen LogP contribution is -2.60. The first-order chi connectivity index (χ1) is 20.6. The Balaban J connectivity index is 1.42. The molecule has 0 spiro atoms. The molecule has 0 bridgehead atoms. The van der Waals surface area contributed by atoms with E-state index in [0.717, 1.165) is 36.0 Å². The van der Waals surface area contributed by atoms with Crippen molar-refractivity contribution < 1.29 is 44.9 Å². The molecule has 1 saturated heterocycles. The van der Waals surface area contributed by atoms with Gasteiger partial charge in [0.2, 0.25) is 0 Å². The summed E-state index contributed by atoms with van der Waals surface area (Å²) in [5, 5.41) is 63.4. The molecule has 1 unspecified atom stereocenters. The summed E-state index contributed by atoms with van der Waals surface area (Å²) in [6.07, 6.45) is 0.527. The molecule has 0 amide bonds. The Morgan fingerprint density at radius 2 is 1.77 bits per heavy atom. The molecule has 5 aliphatic rings. The molecule has 5 rings (SSSR count). The number of carboxylic acid groups (broad SMARTS) is 1. The lowest BCUT2D eigenvalue weighted by atomic mass is 9.45. The van der Waals surface area contributed by atoms with Crippen LogP contribution in [0.3, 0.4) is 0 Å². The van der Waals surface area contributed by atoms with Crippen LogP contribution in [0.15, 0.2) is 34.9 Å². The van der Waals surface area contributed by atoms with Gasteiger partial charge in [-0.15, -0.1) is 0 Å². The Hall–Kier alpha value is -1.59. The van der Waals surface area contributed by atoms with Crippen molar-refractivity contribution in [3.05, 3.63) is 34.9 Å². The predicted molar refractivity (Wildman–Crippen MR) is 164 cm³/mol. The van der Waals surface area contributed by atoms with Crippen molar-refractivity contribution in [1.29, 1.82) is 0 Å². The molecule has 248 valence electrons. The molecular formula is C35H54O9. The normalized spacial score (nSPS) is 46.1. The first-order valence-corrected chi connectivity index (χ1v) is 16.6. The number of rotatable bonds is 8. The molecule has 1 aliphatic heterocycles. The second-order valence-corrected chi connectivity index (χ2v) is 15.1. The molecule has 4 aliphatic carbocycles. The molecular weight excluding hydrogens is 564 g/mol. The van der Waals surface area contributed by atoms with Gasteiger partial charge in [0.25, 0.3) is 0 Å². The van der Waals surface area contributed by atoms with Crippen LogP contribution >= 0.6 is 0 Å². The van der Waals surface area contributed by atoms with Crippen molar-refractivity contribution >= 4 is 5.97 Å². The summed E-state index contributed by atoms with van der Waals surface area (Å²) < 4.78 is 11.8. The van der Waals surface area contributed by atoms with Gasteiger partial charge in [0.15, 0.2) is 6.29 Å². The molecule has 9 heteroatoms. The maximum atomic E-state index is 13.5. The van der Waals surface area contributed by atoms with Crippen LogP contribution in [0, 0.1) is 34.0 Å². The average molecular weight is 619 g/mol. The summed E-state index contributed by atoms with van der Waals surface area (Å²) in [5.74, 6) is -0.497. The van der Waals surface area contributed by atoms with Gasteiger partial charge in [-0.25, -0.2) is 0 Å². The highest BCUT2D eigenvalue weighted by Gasteiger charge is 2.71. The van der Waals surface area contributed by atoms with Crippen molar-refractivity contribution in [2.24, 2.45) is 34.0 Å². The van der Waals surface area contributed by atoms with Crippen LogP contribution in [0.2, 0.25) is 0 Å². The molecule has 0 radical (unpaired) electrons. The van der Waals surface area contributed by atoms with Crippen LogP contribution < -0.4 is 0 Å². The number of carbonyl (C=O) groups is 1. The van der Waals surface area contributed by atoms with Crippen molar-refractivity contribution in [3.63, 3.8) is 0 Å². The zero-order valence-corrected chi connectivity index (χ0v) is 27.0. The van der Waals surface area contributed by atoms with Crippen molar-refractivity contribution in [2.45, 2.75) is 135 Å². The van der Waals surface area contributed by atoms with Gasteiger partial charge in [-0.05, 0) is 106 Å². The minimum absolute atomic E-state index is 0.0115. The average Bonchev–Trinajstić information content (AvgIpc) is 3.22. The van der Waals surface area contributed by atoms with Gasteiger partial charge in [0.1, 0.15) is 29.8 Å². The van der Waals surface area contributed by atoms with E-state index < -0.39 is 66.3 Å². The lowest BCUT2D eigenvalue weighted by Gasteiger charge is -2.59. The summed E-state index contributed by atoms with van der Waals surface area (Å²) in [6, 6.07) is 0. The van der Waals surface area contributed by atoms with Gasteiger partial charge in [0.05, 0.1) is 18.8 Å². The molecule has 0 aromatic rings. The second kappa shape index (κ2) is 12.2. The Morgan fingerprint density at radius 3 is 2.41 bits per heavy atom. The van der Waals surface area contributed by atoms with E-state index in [2.05, 4.69) is 47.3 Å². The van der Waals surface area contributed by atoms with E-state index >= 15 is 0 Å². The van der Waals surface area contributed by atoms with Crippen molar-refractivity contribution in [3.8, 4) is 0 Å². The second-order valence-electron chi connectivity index (χ2n) is 15.1. The van der Waals surface area contributed by atoms with Gasteiger partial charge in [-0.2, -0.15) is 0 Å². The van der Waals surface area contributed by atoms with E-state index in [1.165, 1.54) is 5.57 Å². The van der Waals surface area contributed by atoms with E-state index in [1.54, 1.807) is 0 Å². The highest BCUT2D eigenvalue weighted by Crippen LogP contribution is 2.72. The predicted octanol–water partition coefficient (Wildman–Crippen LogP) is 3.87. The summed E-state index contributed by atoms with van der Waals surface area (Å²) in [4.78, 5) is 13.5. The molecule has 2 saturated carbocycles. The fourth-order valence-corrected chi connectivity index (χ4v) is 10.3. The fraction of sp³-hybridized carbons (Fsp3) is 0.800. The van der Waals surface area contributed by atoms with E-state index in [9.17, 15) is 35.4 Å². The molecule has 0 aromatic heterocycles. The van der Waals surface area contributed by atoms with Gasteiger partial charge in [-0.3, -0.25) is 4.79 Å². The minimum Gasteiger partial charge on any atom is -0.480 e. The first-order valence-electron chi connectivity index (χ1n) is 16.6. The molecule has 13 atom stereocenters. The third-order valence-electron chi connectivity index (χ3n) is 12.7. The number of hydrogen-bond acceptors (Lipinski definition) is 8. The number of aliphatic hydroxyl groups excluding tert-OH is 5. The summed E-state index contributed by atoms with van der Waals surface area (Å²) >= 11 is 0. The van der Waals surface area contributed by atoms with Gasteiger partial charge < -0.3 is 40.1 Å². The Labute approximate surface area is 261 Å². The van der Waals surface area contributed by atoms with Crippen LogP contribution in [-0.4, -0.2) is 86.1 Å². The molecule has 1 heterocycles. The zero-order valence-electron chi connectivity index (χ0n) is 27.0. The summed E-state index contributed by atoms with van der Waals surface area (Å²) in [5.41, 5.74) is 2.03. The van der Waals surface area contributed by atoms with E-state index in [4.69, 9.17) is 9.47 Å². The number of hydrogen-bond donors (Lipinski definition) is 6. The SMILES string of the molecule is C=C1[C@@H](O[C@H]2O[C@H](CO)[C@@H](O)[C@H](O)[C@H]2O)CC[C@]2(C)C3=C(CC[C@@H]12)[C@]1(C(=O)O)[C@H](O)C[C@H](C(C)CCC=C(C)C)[C@@]1(C)CC3. The molecule has 0 aromatic carbocycles. The maximum absolute atomic E-state index is 13.5. The Morgan fingerprint density at radius 1 is 1.07 bits per heavy atom. The third kappa shape index (κ3) is 4.97. The topological polar surface area (TPSA) is 157 Å². The summed E-state index contributed by atoms with van der Waals surface area (Å²) in [7, 11) is 0. The number of carboxylic acids is 1. The Bertz CT molecular complexity index is 1190. The number of aliphatic hydroxyl groups is 5. The molecule has 9 nitrogen and oxygen atoms in total. The number of ether oxygens (including phenoxy) is 2. The van der Waals surface area contributed by atoms with Crippen molar-refractivity contribution in [2.75, 3.05) is 6.61 Å². The van der Waals surface area contributed by atoms with E-state index in [0.29, 0.717) is 38.5 Å². The fourth-order valence-electron chi connectivity index (χ4n) is 10.3. The van der Waals surface area contributed by atoms with Crippen LogP contribution in [0.5, 0.6) is 0 Å². The van der Waals surface area contributed by atoms with Crippen molar-refractivity contribution in [1.82, 2.24) is 0 Å². The quantitative estimate of drug-likeness (QED) is 0.222. The third-order valence-corrected chi connectivity index (χ3v) is 12.7. The van der Waals surface area contributed by atoms with E-state index in [1.807, 2.05) is 0 Å². The monoisotopic (exact) mass is 618 g/mol. The smallest absolute Gasteiger partial charge is 0.317 e. The molecule has 3 fully saturated rings. The minimum atomic E-state index is -1.52. The standard InChI is InChI=1S/C35H54O9/c1-18(2)8-7-9-19(3)24-16-27(37)35(32(41)42)23-11-10-21-20(4)25(13-14-33(21,5)22(23)12-15-34(24,35)6)43-31-30(40)29(39)28(38)26(17-36)44-31/h8,19,21,24-31,36-40H,4,7,9-17H2,1-3,5-6H3,(H,41,42)/t19?,21-,24+,25-,26+,27+,28+,29-,30+,31-,33-,34+,35+/m0/s1. The summed E-state index contributed by atoms with van der Waals surface area (Å²) in [6.45, 7) is 14.7. The van der Waals surface area contributed by atoms with Gasteiger partial charge >= 0.3 is 5.97 Å². The van der Waals surface area contributed by atoms with Crippen LogP contribution in [0.1, 0.15) is 92.4 Å². The van der Waals surface area contributed by atoms with E-state index in [-0.39, 0.29) is 23.2 Å². The maximum Gasteiger partial charge on any atom is 0.317 e. The highest BCUT2D eigenvalue weighted by atomic mass is 16.7. The number of allylic oxidation sites excluding steroid dienone is 3. The first kappa shape index (κ1) is 33.8. The van der Waals surface area contributed by atoms with Crippen LogP contribution in [-0.2, 0) is 14.3 Å². The van der Waals surface area contributed by atoms with Gasteiger partial charge in [-0.1, -0.05) is 50.1 Å². The number of fused-ring (bicyclic) bond motifs is 4. The molecule has 6 N–H and O–H groups in total. The zero-order chi connectivity index (χ0) is 32.4. The Kier molecular flexibility index (Phi) is 9.37.